The molecule has 0 bridgehead atoms. The highest BCUT2D eigenvalue weighted by molar-refractivity contribution is 7.13. The largest absolute Gasteiger partial charge is 0.462 e. The predicted molar refractivity (Wildman–Crippen MR) is 85.0 cm³/mol. The minimum Gasteiger partial charge on any atom is -0.462 e. The Morgan fingerprint density at radius 3 is 2.62 bits per heavy atom. The molecule has 1 aromatic rings. The first-order chi connectivity index (χ1) is 10.0. The Kier molecular flexibility index (Phi) is 5.72. The Labute approximate surface area is 130 Å². The van der Waals surface area contributed by atoms with Crippen molar-refractivity contribution in [1.82, 2.24) is 15.2 Å². The molecule has 0 spiro atoms. The molecule has 6 heteroatoms. The van der Waals surface area contributed by atoms with E-state index in [0.717, 1.165) is 36.9 Å². The van der Waals surface area contributed by atoms with Crippen LogP contribution in [0.2, 0.25) is 0 Å². The second-order valence-corrected chi connectivity index (χ2v) is 6.63. The summed E-state index contributed by atoms with van der Waals surface area (Å²) in [6.07, 6.45) is 0. The van der Waals surface area contributed by atoms with E-state index in [0.29, 0.717) is 11.5 Å². The summed E-state index contributed by atoms with van der Waals surface area (Å²) in [5.74, 6) is -0.0120. The summed E-state index contributed by atoms with van der Waals surface area (Å²) in [5.41, 5.74) is 0.871. The molecule has 5 nitrogen and oxygen atoms in total. The smallest absolute Gasteiger partial charge is 0.350 e. The first-order valence-corrected chi connectivity index (χ1v) is 8.48. The normalized spacial score (nSPS) is 18.0. The van der Waals surface area contributed by atoms with E-state index in [1.54, 1.807) is 0 Å². The van der Waals surface area contributed by atoms with Gasteiger partial charge < -0.3 is 10.1 Å². The van der Waals surface area contributed by atoms with Crippen LogP contribution in [0.5, 0.6) is 0 Å². The molecule has 118 valence electrons. The van der Waals surface area contributed by atoms with Gasteiger partial charge in [-0.1, -0.05) is 13.8 Å². The summed E-state index contributed by atoms with van der Waals surface area (Å²) in [5, 5.41) is 4.38. The van der Waals surface area contributed by atoms with Crippen molar-refractivity contribution in [2.45, 2.75) is 39.7 Å². The van der Waals surface area contributed by atoms with E-state index in [1.807, 2.05) is 6.92 Å². The van der Waals surface area contributed by atoms with Crippen LogP contribution < -0.4 is 5.32 Å². The van der Waals surface area contributed by atoms with Gasteiger partial charge in [0.2, 0.25) is 0 Å². The van der Waals surface area contributed by atoms with Crippen LogP contribution >= 0.6 is 11.3 Å². The fourth-order valence-corrected chi connectivity index (χ4v) is 3.69. The van der Waals surface area contributed by atoms with Gasteiger partial charge in [-0.05, 0) is 19.8 Å². The molecule has 0 aromatic carbocycles. The number of aromatic nitrogens is 1. The van der Waals surface area contributed by atoms with E-state index >= 15 is 0 Å². The van der Waals surface area contributed by atoms with Crippen molar-refractivity contribution >= 4 is 17.3 Å². The zero-order chi connectivity index (χ0) is 15.4. The van der Waals surface area contributed by atoms with Gasteiger partial charge in [-0.25, -0.2) is 9.78 Å². The van der Waals surface area contributed by atoms with Gasteiger partial charge in [0.25, 0.3) is 0 Å². The maximum absolute atomic E-state index is 12.1. The Hall–Kier alpha value is -0.980. The molecule has 2 rings (SSSR count). The number of hydrogen-bond acceptors (Lipinski definition) is 6. The zero-order valence-electron chi connectivity index (χ0n) is 13.3. The second-order valence-electron chi connectivity index (χ2n) is 5.60. The Morgan fingerprint density at radius 1 is 1.38 bits per heavy atom. The Bertz CT molecular complexity index is 481. The molecular weight excluding hydrogens is 286 g/mol. The molecule has 1 unspecified atom stereocenters. The fourth-order valence-electron chi connectivity index (χ4n) is 2.49. The van der Waals surface area contributed by atoms with Crippen molar-refractivity contribution in [3.63, 3.8) is 0 Å². The quantitative estimate of drug-likeness (QED) is 0.846. The average molecular weight is 311 g/mol. The number of esters is 1. The minimum absolute atomic E-state index is 0.227. The van der Waals surface area contributed by atoms with E-state index in [9.17, 15) is 4.79 Å². The maximum Gasteiger partial charge on any atom is 0.350 e. The number of hydrogen-bond donors (Lipinski definition) is 1. The van der Waals surface area contributed by atoms with Gasteiger partial charge in [0.1, 0.15) is 9.88 Å². The number of nitrogens with one attached hydrogen (secondary N) is 1. The van der Waals surface area contributed by atoms with Gasteiger partial charge in [-0.3, -0.25) is 4.90 Å². The topological polar surface area (TPSA) is 54.5 Å². The molecule has 1 atom stereocenters. The fraction of sp³-hybridized carbons (Fsp3) is 0.733. The first-order valence-electron chi connectivity index (χ1n) is 7.67. The van der Waals surface area contributed by atoms with Crippen LogP contribution in [-0.2, 0) is 4.74 Å². The molecule has 0 aliphatic carbocycles. The summed E-state index contributed by atoms with van der Waals surface area (Å²) in [6.45, 7) is 12.6. The van der Waals surface area contributed by atoms with Crippen LogP contribution in [0.4, 0.5) is 0 Å². The third-order valence-corrected chi connectivity index (χ3v) is 4.96. The van der Waals surface area contributed by atoms with Crippen LogP contribution in [-0.4, -0.2) is 48.6 Å². The number of rotatable bonds is 5. The van der Waals surface area contributed by atoms with Crippen molar-refractivity contribution in [3.05, 3.63) is 15.6 Å². The third kappa shape index (κ3) is 3.81. The molecule has 21 heavy (non-hydrogen) atoms. The summed E-state index contributed by atoms with van der Waals surface area (Å²) in [6, 6.07) is 0.248. The molecule has 1 aliphatic rings. The number of nitrogens with zero attached hydrogens (tertiary/aromatic N) is 2. The zero-order valence-corrected chi connectivity index (χ0v) is 14.1. The van der Waals surface area contributed by atoms with E-state index in [2.05, 4.69) is 31.0 Å². The van der Waals surface area contributed by atoms with Crippen molar-refractivity contribution in [1.29, 1.82) is 0 Å². The molecule has 0 saturated carbocycles. The molecule has 0 amide bonds. The molecule has 0 radical (unpaired) electrons. The van der Waals surface area contributed by atoms with Crippen LogP contribution in [0.3, 0.4) is 0 Å². The molecule has 1 saturated heterocycles. The van der Waals surface area contributed by atoms with Gasteiger partial charge in [-0.15, -0.1) is 11.3 Å². The lowest BCUT2D eigenvalue weighted by Crippen LogP contribution is -2.44. The van der Waals surface area contributed by atoms with Crippen molar-refractivity contribution < 1.29 is 9.53 Å². The monoisotopic (exact) mass is 311 g/mol. The van der Waals surface area contributed by atoms with Gasteiger partial charge in [0.15, 0.2) is 0 Å². The number of ether oxygens (including phenoxy) is 1. The number of carbonyl (C=O) groups is 1. The molecule has 1 aliphatic heterocycles. The van der Waals surface area contributed by atoms with Gasteiger partial charge in [0.05, 0.1) is 18.3 Å². The van der Waals surface area contributed by atoms with Crippen LogP contribution in [0, 0.1) is 0 Å². The second kappa shape index (κ2) is 7.33. The van der Waals surface area contributed by atoms with Gasteiger partial charge in [-0.2, -0.15) is 0 Å². The Morgan fingerprint density at radius 2 is 2.05 bits per heavy atom. The highest BCUT2D eigenvalue weighted by Crippen LogP contribution is 2.31. The lowest BCUT2D eigenvalue weighted by molar-refractivity contribution is 0.0530. The van der Waals surface area contributed by atoms with Crippen LogP contribution in [0.1, 0.15) is 60.0 Å². The van der Waals surface area contributed by atoms with E-state index in [-0.39, 0.29) is 17.9 Å². The van der Waals surface area contributed by atoms with Crippen molar-refractivity contribution in [3.8, 4) is 0 Å². The van der Waals surface area contributed by atoms with Gasteiger partial charge >= 0.3 is 5.97 Å². The van der Waals surface area contributed by atoms with E-state index < -0.39 is 0 Å². The van der Waals surface area contributed by atoms with Crippen molar-refractivity contribution in [2.75, 3.05) is 32.8 Å². The average Bonchev–Trinajstić information content (AvgIpc) is 2.93. The highest BCUT2D eigenvalue weighted by atomic mass is 32.1. The molecule has 1 N–H and O–H groups in total. The number of carbonyl (C=O) groups excluding carboxylic acids is 1. The summed E-state index contributed by atoms with van der Waals surface area (Å²) in [4.78, 5) is 19.9. The SMILES string of the molecule is CCOC(=O)c1sc(C(C)N2CCNCC2)nc1C(C)C. The Balaban J connectivity index is 2.23. The van der Waals surface area contributed by atoms with Crippen molar-refractivity contribution in [2.24, 2.45) is 0 Å². The lowest BCUT2D eigenvalue weighted by atomic mass is 10.1. The van der Waals surface area contributed by atoms with E-state index in [1.165, 1.54) is 11.3 Å². The summed E-state index contributed by atoms with van der Waals surface area (Å²) < 4.78 is 5.17. The number of thiazole rings is 1. The highest BCUT2D eigenvalue weighted by Gasteiger charge is 2.26. The summed E-state index contributed by atoms with van der Waals surface area (Å²) >= 11 is 1.49. The third-order valence-electron chi connectivity index (χ3n) is 3.73. The lowest BCUT2D eigenvalue weighted by Gasteiger charge is -2.31. The molecule has 1 aromatic heterocycles. The predicted octanol–water partition coefficient (Wildman–Crippen LogP) is 2.41. The van der Waals surface area contributed by atoms with Crippen LogP contribution in [0.15, 0.2) is 0 Å². The molecule has 2 heterocycles. The minimum atomic E-state index is -0.238. The van der Waals surface area contributed by atoms with Gasteiger partial charge in [0, 0.05) is 26.2 Å². The molecular formula is C15H25N3O2S. The number of piperazine rings is 1. The summed E-state index contributed by atoms with van der Waals surface area (Å²) in [7, 11) is 0. The van der Waals surface area contributed by atoms with Crippen LogP contribution in [0.25, 0.3) is 0 Å². The molecule has 1 fully saturated rings. The van der Waals surface area contributed by atoms with E-state index in [4.69, 9.17) is 9.72 Å². The first kappa shape index (κ1) is 16.4. The maximum atomic E-state index is 12.1. The standard InChI is InChI=1S/C15H25N3O2S/c1-5-20-15(19)13-12(10(2)3)17-14(21-13)11(4)18-8-6-16-7-9-18/h10-11,16H,5-9H2,1-4H3.